The molecule has 2 bridgehead atoms. The number of likely N-dealkylation sites (tertiary alicyclic amines) is 1. The zero-order chi connectivity index (χ0) is 19.1. The van der Waals surface area contributed by atoms with Crippen molar-refractivity contribution in [3.8, 4) is 11.8 Å². The summed E-state index contributed by atoms with van der Waals surface area (Å²) >= 11 is 0. The van der Waals surface area contributed by atoms with E-state index in [-0.39, 0.29) is 6.04 Å². The topological polar surface area (TPSA) is 75.0 Å². The monoisotopic (exact) mass is 380 g/mol. The van der Waals surface area contributed by atoms with Crippen LogP contribution in [0.2, 0.25) is 0 Å². The van der Waals surface area contributed by atoms with Gasteiger partial charge in [0.15, 0.2) is 6.10 Å². The van der Waals surface area contributed by atoms with Crippen LogP contribution in [0.1, 0.15) is 36.0 Å². The first-order valence-electron chi connectivity index (χ1n) is 10.2. The molecule has 6 nitrogen and oxygen atoms in total. The molecule has 6 heteroatoms. The van der Waals surface area contributed by atoms with Crippen molar-refractivity contribution < 1.29 is 19.3 Å². The second-order valence-electron chi connectivity index (χ2n) is 8.74. The van der Waals surface area contributed by atoms with Crippen LogP contribution in [0.25, 0.3) is 0 Å². The number of hydrogen-bond acceptors (Lipinski definition) is 6. The molecule has 2 aliphatic carbocycles. The predicted molar refractivity (Wildman–Crippen MR) is 99.9 cm³/mol. The molecule has 0 radical (unpaired) electrons. The van der Waals surface area contributed by atoms with Crippen molar-refractivity contribution >= 4 is 0 Å². The molecule has 1 N–H and O–H groups in total. The molecule has 146 valence electrons. The fourth-order valence-corrected chi connectivity index (χ4v) is 6.84. The van der Waals surface area contributed by atoms with Crippen molar-refractivity contribution in [3.05, 3.63) is 41.5 Å². The van der Waals surface area contributed by atoms with Gasteiger partial charge in [-0.05, 0) is 37.4 Å². The highest BCUT2D eigenvalue weighted by Gasteiger charge is 2.77. The first-order chi connectivity index (χ1) is 13.6. The van der Waals surface area contributed by atoms with Gasteiger partial charge in [0.25, 0.3) is 0 Å². The molecule has 5 aliphatic rings. The number of piperidine rings is 1. The average Bonchev–Trinajstić information content (AvgIpc) is 3.30. The molecule has 6 rings (SSSR count). The molecular weight excluding hydrogens is 356 g/mol. The molecule has 28 heavy (non-hydrogen) atoms. The fraction of sp³-hybridized carbons (Fsp3) is 0.591. The third kappa shape index (κ3) is 1.69. The van der Waals surface area contributed by atoms with Crippen molar-refractivity contribution in [2.75, 3.05) is 26.3 Å². The minimum Gasteiger partial charge on any atom is -0.482 e. The third-order valence-corrected chi connectivity index (χ3v) is 7.86. The first-order valence-corrected chi connectivity index (χ1v) is 10.2. The lowest BCUT2D eigenvalue weighted by Crippen LogP contribution is -2.79. The highest BCUT2D eigenvalue weighted by atomic mass is 16.8. The standard InChI is InChI=1S/C22H24N2O4/c1-2-8-24-9-7-20-17-14-3-4-15(13-23)18(17)28-19(20)22(26-10-11-27-22)6-5-21(20,25)16(24)12-14/h2-4,16,19,25H,1,5-12H2/t16-,19?,20+,21?/m1/s1. The maximum atomic E-state index is 12.3. The Kier molecular flexibility index (Phi) is 3.26. The van der Waals surface area contributed by atoms with Crippen LogP contribution in [0.3, 0.4) is 0 Å². The molecule has 1 aromatic rings. The van der Waals surface area contributed by atoms with Gasteiger partial charge in [-0.25, -0.2) is 0 Å². The van der Waals surface area contributed by atoms with Gasteiger partial charge in [-0.1, -0.05) is 12.1 Å². The summed E-state index contributed by atoms with van der Waals surface area (Å²) in [6.45, 7) is 6.59. The van der Waals surface area contributed by atoms with Crippen LogP contribution in [0.5, 0.6) is 5.75 Å². The van der Waals surface area contributed by atoms with E-state index in [4.69, 9.17) is 14.2 Å². The van der Waals surface area contributed by atoms with Crippen LogP contribution < -0.4 is 4.74 Å². The summed E-state index contributed by atoms with van der Waals surface area (Å²) in [6.07, 6.45) is 4.18. The first kappa shape index (κ1) is 17.0. The Balaban J connectivity index is 1.62. The van der Waals surface area contributed by atoms with Gasteiger partial charge in [0.2, 0.25) is 5.79 Å². The lowest BCUT2D eigenvalue weighted by Gasteiger charge is -2.65. The van der Waals surface area contributed by atoms with E-state index >= 15 is 0 Å². The zero-order valence-corrected chi connectivity index (χ0v) is 15.8. The molecule has 0 amide bonds. The minimum atomic E-state index is -0.939. The molecule has 3 fully saturated rings. The van der Waals surface area contributed by atoms with E-state index in [9.17, 15) is 10.4 Å². The van der Waals surface area contributed by atoms with E-state index in [1.165, 1.54) is 5.56 Å². The van der Waals surface area contributed by atoms with E-state index in [1.807, 2.05) is 18.2 Å². The van der Waals surface area contributed by atoms with Crippen molar-refractivity contribution in [2.24, 2.45) is 0 Å². The molecular formula is C22H24N2O4. The Morgan fingerprint density at radius 3 is 2.86 bits per heavy atom. The van der Waals surface area contributed by atoms with Gasteiger partial charge < -0.3 is 19.3 Å². The maximum Gasteiger partial charge on any atom is 0.207 e. The second kappa shape index (κ2) is 5.37. The molecule has 0 aromatic heterocycles. The van der Waals surface area contributed by atoms with Gasteiger partial charge in [0, 0.05) is 24.6 Å². The third-order valence-electron chi connectivity index (χ3n) is 7.86. The van der Waals surface area contributed by atoms with Crippen molar-refractivity contribution in [3.63, 3.8) is 0 Å². The Bertz CT molecular complexity index is 918. The summed E-state index contributed by atoms with van der Waals surface area (Å²) in [4.78, 5) is 2.35. The Labute approximate surface area is 164 Å². The van der Waals surface area contributed by atoms with Crippen molar-refractivity contribution in [1.29, 1.82) is 5.26 Å². The van der Waals surface area contributed by atoms with Gasteiger partial charge in [0.1, 0.15) is 11.8 Å². The molecule has 2 spiro atoms. The van der Waals surface area contributed by atoms with Crippen LogP contribution >= 0.6 is 0 Å². The Hall–Kier alpha value is -1.91. The van der Waals surface area contributed by atoms with Crippen LogP contribution in [0.15, 0.2) is 24.8 Å². The molecule has 4 atom stereocenters. The number of aliphatic hydroxyl groups is 1. The smallest absolute Gasteiger partial charge is 0.207 e. The lowest BCUT2D eigenvalue weighted by molar-refractivity contribution is -0.296. The zero-order valence-electron chi connectivity index (χ0n) is 15.8. The van der Waals surface area contributed by atoms with E-state index in [2.05, 4.69) is 17.5 Å². The van der Waals surface area contributed by atoms with Crippen LogP contribution in [0, 0.1) is 11.3 Å². The Morgan fingerprint density at radius 2 is 2.11 bits per heavy atom. The van der Waals surface area contributed by atoms with Gasteiger partial charge in [-0.3, -0.25) is 4.90 Å². The quantitative estimate of drug-likeness (QED) is 0.787. The molecule has 1 aromatic carbocycles. The van der Waals surface area contributed by atoms with Crippen LogP contribution in [-0.4, -0.2) is 59.8 Å². The van der Waals surface area contributed by atoms with Crippen molar-refractivity contribution in [1.82, 2.24) is 4.90 Å². The largest absolute Gasteiger partial charge is 0.482 e. The molecule has 3 heterocycles. The number of nitriles is 1. The van der Waals surface area contributed by atoms with Crippen molar-refractivity contribution in [2.45, 2.75) is 54.6 Å². The van der Waals surface area contributed by atoms with Gasteiger partial charge >= 0.3 is 0 Å². The highest BCUT2D eigenvalue weighted by Crippen LogP contribution is 2.67. The van der Waals surface area contributed by atoms with E-state index in [0.717, 1.165) is 31.5 Å². The second-order valence-corrected chi connectivity index (χ2v) is 8.74. The summed E-state index contributed by atoms with van der Waals surface area (Å²) in [7, 11) is 0. The molecule has 2 unspecified atom stereocenters. The van der Waals surface area contributed by atoms with Gasteiger partial charge in [-0.15, -0.1) is 6.58 Å². The summed E-state index contributed by atoms with van der Waals surface area (Å²) in [6, 6.07) is 6.18. The molecule has 1 saturated carbocycles. The van der Waals surface area contributed by atoms with Gasteiger partial charge in [0.05, 0.1) is 29.8 Å². The predicted octanol–water partition coefficient (Wildman–Crippen LogP) is 1.64. The van der Waals surface area contributed by atoms with E-state index < -0.39 is 22.9 Å². The minimum absolute atomic E-state index is 0.00418. The SMILES string of the molecule is C=CCN1CC[C@]23c4c5ccc(C#N)c4OC2C2(CCC3(O)[C@H]1C5)OCCO2. The van der Waals surface area contributed by atoms with Crippen LogP contribution in [0.4, 0.5) is 0 Å². The number of benzene rings is 1. The van der Waals surface area contributed by atoms with Crippen LogP contribution in [-0.2, 0) is 21.3 Å². The lowest BCUT2D eigenvalue weighted by atomic mass is 9.48. The molecule has 3 aliphatic heterocycles. The Morgan fingerprint density at radius 1 is 1.29 bits per heavy atom. The van der Waals surface area contributed by atoms with E-state index in [0.29, 0.717) is 37.4 Å². The highest BCUT2D eigenvalue weighted by molar-refractivity contribution is 5.63. The summed E-state index contributed by atoms with van der Waals surface area (Å²) in [5.41, 5.74) is 1.20. The molecule has 2 saturated heterocycles. The van der Waals surface area contributed by atoms with Gasteiger partial charge in [-0.2, -0.15) is 5.26 Å². The van der Waals surface area contributed by atoms with E-state index in [1.54, 1.807) is 0 Å². The number of rotatable bonds is 2. The average molecular weight is 380 g/mol. The number of fused-ring (bicyclic) bond motifs is 1. The number of hydrogen-bond donors (Lipinski definition) is 1. The normalized spacial score (nSPS) is 39.3. The summed E-state index contributed by atoms with van der Waals surface area (Å²) in [5.74, 6) is -0.197. The fourth-order valence-electron chi connectivity index (χ4n) is 6.84. The summed E-state index contributed by atoms with van der Waals surface area (Å²) < 4.78 is 18.8. The number of nitrogens with zero attached hydrogens (tertiary/aromatic N) is 2. The number of ether oxygens (including phenoxy) is 3. The maximum absolute atomic E-state index is 12.3. The summed E-state index contributed by atoms with van der Waals surface area (Å²) in [5, 5.41) is 22.0.